The number of rotatable bonds is 7. The summed E-state index contributed by atoms with van der Waals surface area (Å²) in [5.74, 6) is -3.93. The second-order valence-corrected chi connectivity index (χ2v) is 9.59. The molecule has 3 N–H and O–H groups in total. The van der Waals surface area contributed by atoms with Crippen molar-refractivity contribution < 1.29 is 28.2 Å². The molecule has 1 aliphatic rings. The van der Waals surface area contributed by atoms with Crippen LogP contribution in [0.3, 0.4) is 0 Å². The van der Waals surface area contributed by atoms with Gasteiger partial charge in [-0.2, -0.15) is 0 Å². The van der Waals surface area contributed by atoms with E-state index in [1.807, 2.05) is 30.5 Å². The average molecular weight is 551 g/mol. The number of hydrogen-bond donors (Lipinski definition) is 3. The molecule has 4 aromatic rings. The van der Waals surface area contributed by atoms with Crippen LogP contribution in [0.25, 0.3) is 10.9 Å². The molecule has 1 atom stereocenters. The molecule has 1 aliphatic heterocycles. The van der Waals surface area contributed by atoms with Crippen LogP contribution in [0, 0.1) is 11.6 Å². The minimum Gasteiger partial charge on any atom is -0.503 e. The highest BCUT2D eigenvalue weighted by Gasteiger charge is 2.33. The number of aryl methyl sites for hydroxylation is 1. The van der Waals surface area contributed by atoms with E-state index in [2.05, 4.69) is 10.3 Å². The number of para-hydroxylation sites is 1. The van der Waals surface area contributed by atoms with E-state index < -0.39 is 40.2 Å². The van der Waals surface area contributed by atoms with Crippen LogP contribution in [-0.4, -0.2) is 50.8 Å². The first-order valence-electron chi connectivity index (χ1n) is 12.9. The quantitative estimate of drug-likeness (QED) is 0.325. The summed E-state index contributed by atoms with van der Waals surface area (Å²) in [7, 11) is 0. The van der Waals surface area contributed by atoms with E-state index in [4.69, 9.17) is 4.74 Å². The summed E-state index contributed by atoms with van der Waals surface area (Å²) >= 11 is 0. The highest BCUT2D eigenvalue weighted by molar-refractivity contribution is 5.98. The third kappa shape index (κ3) is 5.20. The number of benzene rings is 2. The highest BCUT2D eigenvalue weighted by Crippen LogP contribution is 2.26. The van der Waals surface area contributed by atoms with Gasteiger partial charge in [-0.05, 0) is 37.5 Å². The van der Waals surface area contributed by atoms with E-state index >= 15 is 0 Å². The predicted molar refractivity (Wildman–Crippen MR) is 143 cm³/mol. The van der Waals surface area contributed by atoms with Crippen molar-refractivity contribution in [2.75, 3.05) is 13.3 Å². The zero-order valence-corrected chi connectivity index (χ0v) is 21.7. The van der Waals surface area contributed by atoms with Gasteiger partial charge in [-0.3, -0.25) is 14.4 Å². The molecule has 1 unspecified atom stereocenters. The second-order valence-electron chi connectivity index (χ2n) is 9.59. The minimum absolute atomic E-state index is 0.0192. The summed E-state index contributed by atoms with van der Waals surface area (Å²) in [6.45, 7) is 2.00. The fraction of sp³-hybridized carbons (Fsp3) is 0.276. The highest BCUT2D eigenvalue weighted by atomic mass is 19.1. The van der Waals surface area contributed by atoms with Gasteiger partial charge in [0.15, 0.2) is 11.4 Å². The molecular weight excluding hydrogens is 522 g/mol. The van der Waals surface area contributed by atoms with Gasteiger partial charge in [0.05, 0.1) is 6.61 Å². The Hall–Kier alpha value is -4.51. The average Bonchev–Trinajstić information content (AvgIpc) is 3.36. The number of carbonyl (C=O) groups is 2. The van der Waals surface area contributed by atoms with Gasteiger partial charge in [0, 0.05) is 54.1 Å². The topological polar surface area (TPSA) is 117 Å². The molecule has 0 saturated carbocycles. The number of nitrogens with one attached hydrogen (secondary N) is 2. The Morgan fingerprint density at radius 3 is 2.75 bits per heavy atom. The standard InChI is InChI=1S/C29H28F2N4O5/c1-2-34-15-22(28(38)33-13-17-7-8-19(30)12-23(17)31)26(36)27(37)25(34)29(39)35-16-40-10-9-20(35)11-18-14-32-24-6-4-3-5-21(18)24/h3-8,12,14-15,20,32,37H,2,9-11,13,16H2,1H3,(H,33,38). The number of carbonyl (C=O) groups excluding carboxylic acids is 2. The maximum atomic E-state index is 14.0. The van der Waals surface area contributed by atoms with Crippen LogP contribution in [0.4, 0.5) is 8.78 Å². The van der Waals surface area contributed by atoms with E-state index in [1.54, 1.807) is 6.92 Å². The first-order chi connectivity index (χ1) is 19.3. The van der Waals surface area contributed by atoms with Gasteiger partial charge >= 0.3 is 0 Å². The van der Waals surface area contributed by atoms with E-state index in [0.29, 0.717) is 25.5 Å². The Bertz CT molecular complexity index is 1650. The van der Waals surface area contributed by atoms with Crippen molar-refractivity contribution in [3.05, 3.63) is 99.1 Å². The third-order valence-electron chi connectivity index (χ3n) is 7.16. The van der Waals surface area contributed by atoms with Crippen molar-refractivity contribution in [2.45, 2.75) is 38.9 Å². The minimum atomic E-state index is -1.03. The number of halogens is 2. The van der Waals surface area contributed by atoms with Crippen molar-refractivity contribution in [2.24, 2.45) is 0 Å². The SMILES string of the molecule is CCn1cc(C(=O)NCc2ccc(F)cc2F)c(=O)c(O)c1C(=O)N1COCCC1Cc1c[nH]c2ccccc12. The summed E-state index contributed by atoms with van der Waals surface area (Å²) in [5.41, 5.74) is 0.342. The zero-order valence-electron chi connectivity index (χ0n) is 21.7. The van der Waals surface area contributed by atoms with Gasteiger partial charge in [-0.25, -0.2) is 8.78 Å². The number of nitrogens with zero attached hydrogens (tertiary/aromatic N) is 2. The Balaban J connectivity index is 1.40. The van der Waals surface area contributed by atoms with Gasteiger partial charge in [0.25, 0.3) is 11.8 Å². The number of aromatic nitrogens is 2. The normalized spacial score (nSPS) is 15.4. The smallest absolute Gasteiger partial charge is 0.276 e. The maximum absolute atomic E-state index is 14.0. The van der Waals surface area contributed by atoms with Crippen LogP contribution in [0.5, 0.6) is 5.75 Å². The molecule has 1 fully saturated rings. The first kappa shape index (κ1) is 27.1. The van der Waals surface area contributed by atoms with Gasteiger partial charge in [0.2, 0.25) is 5.43 Å². The number of aromatic amines is 1. The van der Waals surface area contributed by atoms with Gasteiger partial charge in [-0.1, -0.05) is 24.3 Å². The van der Waals surface area contributed by atoms with E-state index in [-0.39, 0.29) is 37.1 Å². The lowest BCUT2D eigenvalue weighted by atomic mass is 10.0. The van der Waals surface area contributed by atoms with Gasteiger partial charge < -0.3 is 29.6 Å². The van der Waals surface area contributed by atoms with Crippen molar-refractivity contribution in [1.29, 1.82) is 0 Å². The molecule has 0 bridgehead atoms. The fourth-order valence-electron chi connectivity index (χ4n) is 4.99. The Morgan fingerprint density at radius 1 is 1.18 bits per heavy atom. The molecule has 208 valence electrons. The summed E-state index contributed by atoms with van der Waals surface area (Å²) in [6, 6.07) is 10.5. The summed E-state index contributed by atoms with van der Waals surface area (Å²) < 4.78 is 34.0. The molecule has 0 radical (unpaired) electrons. The van der Waals surface area contributed by atoms with Crippen LogP contribution < -0.4 is 10.7 Å². The van der Waals surface area contributed by atoms with E-state index in [9.17, 15) is 28.3 Å². The molecule has 11 heteroatoms. The number of aromatic hydroxyl groups is 1. The third-order valence-corrected chi connectivity index (χ3v) is 7.16. The molecule has 2 amide bonds. The lowest BCUT2D eigenvalue weighted by molar-refractivity contribution is -0.0333. The fourth-order valence-corrected chi connectivity index (χ4v) is 4.99. The molecule has 2 aromatic carbocycles. The van der Waals surface area contributed by atoms with E-state index in [0.717, 1.165) is 22.5 Å². The van der Waals surface area contributed by atoms with Crippen LogP contribution in [0.1, 0.15) is 45.3 Å². The number of amides is 2. The predicted octanol–water partition coefficient (Wildman–Crippen LogP) is 3.69. The maximum Gasteiger partial charge on any atom is 0.276 e. The Labute approximate surface area is 228 Å². The number of hydrogen-bond acceptors (Lipinski definition) is 5. The van der Waals surface area contributed by atoms with Gasteiger partial charge in [-0.15, -0.1) is 0 Å². The molecule has 40 heavy (non-hydrogen) atoms. The second kappa shape index (κ2) is 11.3. The van der Waals surface area contributed by atoms with Crippen molar-refractivity contribution in [1.82, 2.24) is 19.8 Å². The monoisotopic (exact) mass is 550 g/mol. The molecule has 1 saturated heterocycles. The van der Waals surface area contributed by atoms with Crippen LogP contribution in [-0.2, 0) is 24.2 Å². The largest absolute Gasteiger partial charge is 0.503 e. The summed E-state index contributed by atoms with van der Waals surface area (Å²) in [6.07, 6.45) is 4.21. The first-order valence-corrected chi connectivity index (χ1v) is 12.9. The molecule has 5 rings (SSSR count). The van der Waals surface area contributed by atoms with Crippen LogP contribution >= 0.6 is 0 Å². The van der Waals surface area contributed by atoms with Gasteiger partial charge in [0.1, 0.15) is 23.9 Å². The molecule has 0 spiro atoms. The summed E-state index contributed by atoms with van der Waals surface area (Å²) in [4.78, 5) is 44.3. The number of ether oxygens (including phenoxy) is 1. The lowest BCUT2D eigenvalue weighted by Gasteiger charge is -2.36. The molecule has 9 nitrogen and oxygen atoms in total. The van der Waals surface area contributed by atoms with Crippen LogP contribution in [0.15, 0.2) is 59.7 Å². The Morgan fingerprint density at radius 2 is 1.98 bits per heavy atom. The molecule has 3 heterocycles. The van der Waals surface area contributed by atoms with Crippen molar-refractivity contribution in [3.8, 4) is 5.75 Å². The Kier molecular flexibility index (Phi) is 7.65. The number of fused-ring (bicyclic) bond motifs is 1. The zero-order chi connectivity index (χ0) is 28.4. The summed E-state index contributed by atoms with van der Waals surface area (Å²) in [5, 5.41) is 14.3. The molecule has 2 aromatic heterocycles. The lowest BCUT2D eigenvalue weighted by Crippen LogP contribution is -2.48. The number of pyridine rings is 1. The molecule has 0 aliphatic carbocycles. The van der Waals surface area contributed by atoms with Crippen molar-refractivity contribution >= 4 is 22.7 Å². The molecular formula is C29H28F2N4O5. The van der Waals surface area contributed by atoms with E-state index in [1.165, 1.54) is 21.7 Å². The number of H-pyrrole nitrogens is 1. The van der Waals surface area contributed by atoms with Crippen molar-refractivity contribution in [3.63, 3.8) is 0 Å². The van der Waals surface area contributed by atoms with Crippen LogP contribution in [0.2, 0.25) is 0 Å².